The average Bonchev–Trinajstić information content (AvgIpc) is 2.44. The standard InChI is InChI=1S/C10H17NO5/c1-10(2,3)16-9(14)11-7-6(4-12)5-15-8(7)13/h6-7,12H,4-5H2,1-3H3,(H,11,14). The summed E-state index contributed by atoms with van der Waals surface area (Å²) in [6.07, 6.45) is -0.685. The Bertz CT molecular complexity index is 283. The zero-order chi connectivity index (χ0) is 12.3. The van der Waals surface area contributed by atoms with Crippen LogP contribution >= 0.6 is 0 Å². The predicted octanol–water partition coefficient (Wildman–Crippen LogP) is 0.0450. The molecule has 0 aromatic heterocycles. The van der Waals surface area contributed by atoms with Gasteiger partial charge in [-0.25, -0.2) is 9.59 Å². The molecule has 92 valence electrons. The third kappa shape index (κ3) is 3.37. The summed E-state index contributed by atoms with van der Waals surface area (Å²) in [5.74, 6) is -0.940. The van der Waals surface area contributed by atoms with Crippen molar-refractivity contribution in [2.45, 2.75) is 32.4 Å². The van der Waals surface area contributed by atoms with E-state index in [2.05, 4.69) is 5.32 Å². The summed E-state index contributed by atoms with van der Waals surface area (Å²) in [7, 11) is 0. The van der Waals surface area contributed by atoms with Gasteiger partial charge < -0.3 is 19.9 Å². The van der Waals surface area contributed by atoms with Gasteiger partial charge in [-0.3, -0.25) is 0 Å². The fourth-order valence-electron chi connectivity index (χ4n) is 1.34. The largest absolute Gasteiger partial charge is 0.464 e. The number of hydrogen-bond donors (Lipinski definition) is 2. The van der Waals surface area contributed by atoms with Crippen LogP contribution in [0.25, 0.3) is 0 Å². The first-order chi connectivity index (χ1) is 7.33. The number of nitrogens with one attached hydrogen (secondary N) is 1. The normalized spacial score (nSPS) is 25.1. The number of ether oxygens (including phenoxy) is 2. The number of amides is 1. The molecule has 2 unspecified atom stereocenters. The lowest BCUT2D eigenvalue weighted by Gasteiger charge is -2.22. The number of cyclic esters (lactones) is 1. The predicted molar refractivity (Wildman–Crippen MR) is 54.7 cm³/mol. The van der Waals surface area contributed by atoms with Crippen molar-refractivity contribution in [1.29, 1.82) is 0 Å². The fourth-order valence-corrected chi connectivity index (χ4v) is 1.34. The van der Waals surface area contributed by atoms with Crippen LogP contribution < -0.4 is 5.32 Å². The molecule has 1 rings (SSSR count). The van der Waals surface area contributed by atoms with E-state index in [9.17, 15) is 9.59 Å². The molecule has 0 aliphatic carbocycles. The van der Waals surface area contributed by atoms with Gasteiger partial charge in [0.25, 0.3) is 0 Å². The molecule has 2 N–H and O–H groups in total. The first-order valence-corrected chi connectivity index (χ1v) is 5.10. The maximum absolute atomic E-state index is 11.4. The van der Waals surface area contributed by atoms with E-state index in [1.54, 1.807) is 20.8 Å². The van der Waals surface area contributed by atoms with Gasteiger partial charge in [0.05, 0.1) is 13.2 Å². The lowest BCUT2D eigenvalue weighted by atomic mass is 10.1. The van der Waals surface area contributed by atoms with Crippen molar-refractivity contribution in [2.24, 2.45) is 5.92 Å². The lowest BCUT2D eigenvalue weighted by Crippen LogP contribution is -2.45. The highest BCUT2D eigenvalue weighted by Crippen LogP contribution is 2.15. The number of carbonyl (C=O) groups is 2. The van der Waals surface area contributed by atoms with Gasteiger partial charge in [0, 0.05) is 5.92 Å². The molecule has 0 aromatic carbocycles. The summed E-state index contributed by atoms with van der Waals surface area (Å²) in [6.45, 7) is 5.08. The van der Waals surface area contributed by atoms with Crippen LogP contribution in [0.1, 0.15) is 20.8 Å². The minimum Gasteiger partial charge on any atom is -0.464 e. The minimum absolute atomic E-state index is 0.121. The van der Waals surface area contributed by atoms with Gasteiger partial charge in [0.1, 0.15) is 11.6 Å². The van der Waals surface area contributed by atoms with Crippen LogP contribution in [-0.4, -0.2) is 42.0 Å². The molecule has 6 nitrogen and oxygen atoms in total. The second-order valence-electron chi connectivity index (χ2n) is 4.70. The molecule has 1 aliphatic heterocycles. The summed E-state index contributed by atoms with van der Waals surface area (Å²) in [4.78, 5) is 22.6. The van der Waals surface area contributed by atoms with Gasteiger partial charge in [-0.1, -0.05) is 0 Å². The van der Waals surface area contributed by atoms with Crippen molar-refractivity contribution in [3.8, 4) is 0 Å². The van der Waals surface area contributed by atoms with E-state index in [0.717, 1.165) is 0 Å². The van der Waals surface area contributed by atoms with Gasteiger partial charge in [-0.05, 0) is 20.8 Å². The molecule has 6 heteroatoms. The number of aliphatic hydroxyl groups is 1. The molecule has 1 amide bonds. The number of aliphatic hydroxyl groups excluding tert-OH is 1. The van der Waals surface area contributed by atoms with Crippen molar-refractivity contribution in [2.75, 3.05) is 13.2 Å². The summed E-state index contributed by atoms with van der Waals surface area (Å²) >= 11 is 0. The van der Waals surface area contributed by atoms with E-state index in [4.69, 9.17) is 14.6 Å². The second-order valence-corrected chi connectivity index (χ2v) is 4.70. The smallest absolute Gasteiger partial charge is 0.408 e. The van der Waals surface area contributed by atoms with Gasteiger partial charge in [-0.15, -0.1) is 0 Å². The number of esters is 1. The summed E-state index contributed by atoms with van der Waals surface area (Å²) < 4.78 is 9.73. The van der Waals surface area contributed by atoms with E-state index >= 15 is 0 Å². The number of hydrogen-bond acceptors (Lipinski definition) is 5. The summed E-state index contributed by atoms with van der Waals surface area (Å²) in [5.41, 5.74) is -0.624. The molecule has 2 atom stereocenters. The molecule has 0 saturated carbocycles. The Labute approximate surface area is 93.9 Å². The highest BCUT2D eigenvalue weighted by Gasteiger charge is 2.38. The molecule has 0 radical (unpaired) electrons. The Balaban J connectivity index is 2.52. The van der Waals surface area contributed by atoms with Crippen molar-refractivity contribution in [3.05, 3.63) is 0 Å². The summed E-state index contributed by atoms with van der Waals surface area (Å²) in [6, 6.07) is -0.820. The van der Waals surface area contributed by atoms with Gasteiger partial charge in [0.15, 0.2) is 0 Å². The topological polar surface area (TPSA) is 84.9 Å². The van der Waals surface area contributed by atoms with Crippen LogP contribution in [0.3, 0.4) is 0 Å². The van der Waals surface area contributed by atoms with Crippen LogP contribution in [-0.2, 0) is 14.3 Å². The van der Waals surface area contributed by atoms with Crippen molar-refractivity contribution >= 4 is 12.1 Å². The Morgan fingerprint density at radius 2 is 2.25 bits per heavy atom. The Hall–Kier alpha value is -1.30. The molecule has 0 spiro atoms. The van der Waals surface area contributed by atoms with E-state index in [-0.39, 0.29) is 13.2 Å². The maximum atomic E-state index is 11.4. The molecular weight excluding hydrogens is 214 g/mol. The Morgan fingerprint density at radius 1 is 1.62 bits per heavy atom. The molecule has 1 aliphatic rings. The van der Waals surface area contributed by atoms with Crippen molar-refractivity contribution in [1.82, 2.24) is 5.32 Å². The van der Waals surface area contributed by atoms with Crippen LogP contribution in [0.15, 0.2) is 0 Å². The second kappa shape index (κ2) is 4.69. The first kappa shape index (κ1) is 12.8. The molecular formula is C10H17NO5. The minimum atomic E-state index is -0.820. The van der Waals surface area contributed by atoms with E-state index in [1.165, 1.54) is 0 Å². The number of alkyl carbamates (subject to hydrolysis) is 1. The monoisotopic (exact) mass is 231 g/mol. The quantitative estimate of drug-likeness (QED) is 0.656. The molecule has 16 heavy (non-hydrogen) atoms. The molecule has 0 aromatic rings. The zero-order valence-electron chi connectivity index (χ0n) is 9.65. The SMILES string of the molecule is CC(C)(C)OC(=O)NC1C(=O)OCC1CO. The maximum Gasteiger partial charge on any atom is 0.408 e. The van der Waals surface area contributed by atoms with Crippen LogP contribution in [0.2, 0.25) is 0 Å². The molecule has 0 bridgehead atoms. The van der Waals surface area contributed by atoms with Crippen LogP contribution in [0, 0.1) is 5.92 Å². The van der Waals surface area contributed by atoms with Gasteiger partial charge >= 0.3 is 12.1 Å². The number of carbonyl (C=O) groups excluding carboxylic acids is 2. The molecule has 1 heterocycles. The van der Waals surface area contributed by atoms with Crippen molar-refractivity contribution < 1.29 is 24.2 Å². The fraction of sp³-hybridized carbons (Fsp3) is 0.800. The highest BCUT2D eigenvalue weighted by molar-refractivity contribution is 5.83. The number of rotatable bonds is 2. The van der Waals surface area contributed by atoms with E-state index in [1.807, 2.05) is 0 Å². The molecule has 1 fully saturated rings. The lowest BCUT2D eigenvalue weighted by molar-refractivity contribution is -0.139. The van der Waals surface area contributed by atoms with Gasteiger partial charge in [0.2, 0.25) is 0 Å². The van der Waals surface area contributed by atoms with Crippen LogP contribution in [0.4, 0.5) is 4.79 Å². The van der Waals surface area contributed by atoms with Crippen molar-refractivity contribution in [3.63, 3.8) is 0 Å². The first-order valence-electron chi connectivity index (χ1n) is 5.10. The third-order valence-corrected chi connectivity index (χ3v) is 2.07. The van der Waals surface area contributed by atoms with E-state index < -0.39 is 29.6 Å². The van der Waals surface area contributed by atoms with Crippen LogP contribution in [0.5, 0.6) is 0 Å². The third-order valence-electron chi connectivity index (χ3n) is 2.07. The Morgan fingerprint density at radius 3 is 2.75 bits per heavy atom. The zero-order valence-corrected chi connectivity index (χ0v) is 9.65. The van der Waals surface area contributed by atoms with E-state index in [0.29, 0.717) is 0 Å². The summed E-state index contributed by atoms with van der Waals surface area (Å²) in [5, 5.41) is 11.4. The van der Waals surface area contributed by atoms with Gasteiger partial charge in [-0.2, -0.15) is 0 Å². The molecule has 1 saturated heterocycles. The average molecular weight is 231 g/mol. The Kier molecular flexibility index (Phi) is 3.74. The highest BCUT2D eigenvalue weighted by atomic mass is 16.6.